The van der Waals surface area contributed by atoms with E-state index in [9.17, 15) is 9.90 Å². The van der Waals surface area contributed by atoms with Crippen LogP contribution < -0.4 is 4.74 Å². The van der Waals surface area contributed by atoms with E-state index in [2.05, 4.69) is 0 Å². The van der Waals surface area contributed by atoms with Gasteiger partial charge in [-0.25, -0.2) is 4.79 Å². The second-order valence-electron chi connectivity index (χ2n) is 2.89. The van der Waals surface area contributed by atoms with Gasteiger partial charge in [0, 0.05) is 0 Å². The molecule has 0 amide bonds. The van der Waals surface area contributed by atoms with E-state index in [1.807, 2.05) is 0 Å². The first-order valence-corrected chi connectivity index (χ1v) is 4.29. The molecule has 0 bridgehead atoms. The number of aliphatic carboxylic acids is 1. The molecule has 5 nitrogen and oxygen atoms in total. The average Bonchev–Trinajstić information content (AvgIpc) is 2.17. The molecular formula is C10H12O5. The van der Waals surface area contributed by atoms with Crippen molar-refractivity contribution >= 4 is 5.97 Å². The maximum Gasteiger partial charge on any atom is 0.329 e. The molecule has 0 aromatic heterocycles. The molecule has 0 aliphatic heterocycles. The second kappa shape index (κ2) is 5.21. The fourth-order valence-corrected chi connectivity index (χ4v) is 1.08. The number of rotatable bonds is 5. The van der Waals surface area contributed by atoms with Gasteiger partial charge in [0.25, 0.3) is 0 Å². The van der Waals surface area contributed by atoms with Gasteiger partial charge in [0.15, 0.2) is 11.5 Å². The van der Waals surface area contributed by atoms with Crippen LogP contribution in [0.3, 0.4) is 0 Å². The summed E-state index contributed by atoms with van der Waals surface area (Å²) < 4.78 is 9.72. The molecular weight excluding hydrogens is 200 g/mol. The fourth-order valence-electron chi connectivity index (χ4n) is 1.08. The molecule has 0 unspecified atom stereocenters. The number of ether oxygens (including phenoxy) is 2. The van der Waals surface area contributed by atoms with Crippen molar-refractivity contribution in [1.82, 2.24) is 0 Å². The highest BCUT2D eigenvalue weighted by molar-refractivity contribution is 5.68. The van der Waals surface area contributed by atoms with Crippen molar-refractivity contribution < 1.29 is 24.5 Å². The Morgan fingerprint density at radius 2 is 2.20 bits per heavy atom. The normalized spacial score (nSPS) is 9.93. The second-order valence-corrected chi connectivity index (χ2v) is 2.89. The first kappa shape index (κ1) is 11.3. The maximum absolute atomic E-state index is 10.2. The highest BCUT2D eigenvalue weighted by Crippen LogP contribution is 2.26. The molecule has 0 radical (unpaired) electrons. The Morgan fingerprint density at radius 3 is 2.73 bits per heavy atom. The van der Waals surface area contributed by atoms with Crippen molar-refractivity contribution in [2.75, 3.05) is 13.7 Å². The van der Waals surface area contributed by atoms with Crippen LogP contribution >= 0.6 is 0 Å². The average molecular weight is 212 g/mol. The third kappa shape index (κ3) is 3.47. The molecule has 0 saturated carbocycles. The summed E-state index contributed by atoms with van der Waals surface area (Å²) in [5.74, 6) is -0.640. The summed E-state index contributed by atoms with van der Waals surface area (Å²) in [6, 6.07) is 4.76. The summed E-state index contributed by atoms with van der Waals surface area (Å²) in [6.07, 6.45) is 0. The van der Waals surface area contributed by atoms with Crippen molar-refractivity contribution in [2.45, 2.75) is 6.61 Å². The van der Waals surface area contributed by atoms with Crippen LogP contribution in [0.15, 0.2) is 18.2 Å². The first-order valence-electron chi connectivity index (χ1n) is 4.29. The quantitative estimate of drug-likeness (QED) is 0.761. The van der Waals surface area contributed by atoms with Gasteiger partial charge in [-0.15, -0.1) is 0 Å². The molecule has 0 atom stereocenters. The van der Waals surface area contributed by atoms with Gasteiger partial charge < -0.3 is 19.7 Å². The van der Waals surface area contributed by atoms with Gasteiger partial charge in [-0.2, -0.15) is 0 Å². The van der Waals surface area contributed by atoms with Gasteiger partial charge in [0.1, 0.15) is 6.61 Å². The van der Waals surface area contributed by atoms with Gasteiger partial charge >= 0.3 is 5.97 Å². The molecule has 5 heteroatoms. The lowest BCUT2D eigenvalue weighted by molar-refractivity contribution is -0.142. The van der Waals surface area contributed by atoms with Crippen molar-refractivity contribution in [2.24, 2.45) is 0 Å². The maximum atomic E-state index is 10.2. The van der Waals surface area contributed by atoms with Crippen LogP contribution in [0.25, 0.3) is 0 Å². The van der Waals surface area contributed by atoms with E-state index in [-0.39, 0.29) is 19.0 Å². The number of hydrogen-bond acceptors (Lipinski definition) is 4. The number of hydrogen-bond donors (Lipinski definition) is 2. The van der Waals surface area contributed by atoms with E-state index in [1.54, 1.807) is 12.1 Å². The highest BCUT2D eigenvalue weighted by Gasteiger charge is 2.03. The summed E-state index contributed by atoms with van der Waals surface area (Å²) in [6.45, 7) is -0.212. The van der Waals surface area contributed by atoms with Crippen LogP contribution in [0.4, 0.5) is 0 Å². The minimum Gasteiger partial charge on any atom is -0.504 e. The number of benzene rings is 1. The Labute approximate surface area is 86.9 Å². The third-order valence-electron chi connectivity index (χ3n) is 1.74. The number of aromatic hydroxyl groups is 1. The molecule has 1 aromatic carbocycles. The number of carboxylic acids is 1. The topological polar surface area (TPSA) is 76.0 Å². The van der Waals surface area contributed by atoms with E-state index in [4.69, 9.17) is 14.6 Å². The van der Waals surface area contributed by atoms with Crippen LogP contribution in [0.2, 0.25) is 0 Å². The van der Waals surface area contributed by atoms with Crippen LogP contribution in [-0.4, -0.2) is 29.9 Å². The highest BCUT2D eigenvalue weighted by atomic mass is 16.5. The molecule has 82 valence electrons. The van der Waals surface area contributed by atoms with Crippen molar-refractivity contribution in [3.63, 3.8) is 0 Å². The van der Waals surface area contributed by atoms with Gasteiger partial charge in [0.05, 0.1) is 13.7 Å². The summed E-state index contributed by atoms with van der Waals surface area (Å²) in [4.78, 5) is 10.2. The lowest BCUT2D eigenvalue weighted by Gasteiger charge is -2.06. The number of phenols is 1. The first-order chi connectivity index (χ1) is 7.13. The molecule has 0 heterocycles. The molecule has 2 N–H and O–H groups in total. The molecule has 0 aliphatic rings. The molecule has 15 heavy (non-hydrogen) atoms. The van der Waals surface area contributed by atoms with Gasteiger partial charge in [-0.1, -0.05) is 6.07 Å². The van der Waals surface area contributed by atoms with Crippen LogP contribution in [0.1, 0.15) is 5.56 Å². The number of phenolic OH excluding ortho intramolecular Hbond substituents is 1. The van der Waals surface area contributed by atoms with Crippen LogP contribution in [0.5, 0.6) is 11.5 Å². The predicted octanol–water partition coefficient (Wildman–Crippen LogP) is 1.00. The number of methoxy groups -OCH3 is 1. The Morgan fingerprint density at radius 1 is 1.47 bits per heavy atom. The zero-order valence-electron chi connectivity index (χ0n) is 8.27. The Balaban J connectivity index is 2.55. The third-order valence-corrected chi connectivity index (χ3v) is 1.74. The van der Waals surface area contributed by atoms with E-state index in [1.165, 1.54) is 13.2 Å². The summed E-state index contributed by atoms with van der Waals surface area (Å²) in [5.41, 5.74) is 0.689. The fraction of sp³-hybridized carbons (Fsp3) is 0.300. The number of carbonyl (C=O) groups is 1. The summed E-state index contributed by atoms with van der Waals surface area (Å²) in [7, 11) is 1.45. The lowest BCUT2D eigenvalue weighted by Crippen LogP contribution is -2.06. The van der Waals surface area contributed by atoms with Crippen LogP contribution in [-0.2, 0) is 16.1 Å². The van der Waals surface area contributed by atoms with Gasteiger partial charge in [0.2, 0.25) is 0 Å². The molecule has 0 aliphatic carbocycles. The lowest BCUT2D eigenvalue weighted by atomic mass is 10.2. The SMILES string of the molecule is COc1ccc(COCC(=O)O)cc1O. The van der Waals surface area contributed by atoms with E-state index in [0.29, 0.717) is 11.3 Å². The largest absolute Gasteiger partial charge is 0.504 e. The summed E-state index contributed by atoms with van der Waals surface area (Å²) in [5, 5.41) is 17.7. The molecule has 0 saturated heterocycles. The molecule has 1 aromatic rings. The van der Waals surface area contributed by atoms with E-state index in [0.717, 1.165) is 0 Å². The Bertz CT molecular complexity index is 348. The molecule has 0 fully saturated rings. The monoisotopic (exact) mass is 212 g/mol. The van der Waals surface area contributed by atoms with E-state index >= 15 is 0 Å². The zero-order chi connectivity index (χ0) is 11.3. The minimum absolute atomic E-state index is 0.00826. The Hall–Kier alpha value is -1.75. The van der Waals surface area contributed by atoms with Crippen LogP contribution in [0, 0.1) is 0 Å². The zero-order valence-corrected chi connectivity index (χ0v) is 8.27. The van der Waals surface area contributed by atoms with Crippen molar-refractivity contribution in [1.29, 1.82) is 0 Å². The standard InChI is InChI=1S/C10H12O5/c1-14-9-3-2-7(4-8(9)11)5-15-6-10(12)13/h2-4,11H,5-6H2,1H3,(H,12,13). The molecule has 1 rings (SSSR count). The van der Waals surface area contributed by atoms with Crippen molar-refractivity contribution in [3.8, 4) is 11.5 Å². The van der Waals surface area contributed by atoms with Crippen molar-refractivity contribution in [3.05, 3.63) is 23.8 Å². The van der Waals surface area contributed by atoms with Gasteiger partial charge in [-0.3, -0.25) is 0 Å². The number of carboxylic acid groups (broad SMARTS) is 1. The summed E-state index contributed by atoms with van der Waals surface area (Å²) >= 11 is 0. The predicted molar refractivity (Wildman–Crippen MR) is 52.0 cm³/mol. The molecule has 0 spiro atoms. The Kier molecular flexibility index (Phi) is 3.93. The van der Waals surface area contributed by atoms with E-state index < -0.39 is 5.97 Å². The smallest absolute Gasteiger partial charge is 0.329 e. The van der Waals surface area contributed by atoms with Gasteiger partial charge in [-0.05, 0) is 17.7 Å². The minimum atomic E-state index is -1.02.